The highest BCUT2D eigenvalue weighted by atomic mass is 35.5. The van der Waals surface area contributed by atoms with Gasteiger partial charge in [0.05, 0.1) is 78.3 Å². The molecule has 9 aromatic rings. The Labute approximate surface area is 709 Å². The number of carboxylic acids is 1. The van der Waals surface area contributed by atoms with Gasteiger partial charge in [0.25, 0.3) is 11.3 Å². The average Bonchev–Trinajstić information content (AvgIpc) is 1.63. The van der Waals surface area contributed by atoms with Gasteiger partial charge in [-0.25, -0.2) is 43.6 Å². The van der Waals surface area contributed by atoms with E-state index in [1.807, 2.05) is 97.0 Å². The number of carbonyl (C=O) groups is 7. The molecule has 4 N–H and O–H groups in total. The summed E-state index contributed by atoms with van der Waals surface area (Å²) in [5.74, 6) is -6.45. The molecule has 1 fully saturated rings. The molecule has 0 spiro atoms. The zero-order valence-electron chi connectivity index (χ0n) is 71.4. The first-order valence-corrected chi connectivity index (χ1v) is 40.2. The number of rotatable bonds is 21. The molecule has 121 heavy (non-hydrogen) atoms. The van der Waals surface area contributed by atoms with Gasteiger partial charge in [-0.1, -0.05) is 78.2 Å². The van der Waals surface area contributed by atoms with Crippen molar-refractivity contribution in [3.05, 3.63) is 179 Å². The lowest BCUT2D eigenvalue weighted by Gasteiger charge is -2.32. The number of ether oxygens (including phenoxy) is 6. The van der Waals surface area contributed by atoms with Gasteiger partial charge in [-0.3, -0.25) is 33.5 Å². The number of hydrogen-bond donors (Lipinski definition) is 3. The molecule has 656 valence electrons. The van der Waals surface area contributed by atoms with Crippen molar-refractivity contribution in [3.8, 4) is 45.7 Å². The summed E-state index contributed by atoms with van der Waals surface area (Å²) in [4.78, 5) is 106. The lowest BCUT2D eigenvalue weighted by molar-refractivity contribution is -0.161. The SMILES string of the molecule is CC1(C)OB(c2cccc(Cl)n2)OC1(C)C.CCN.CCOC(=O)C(=O)C(C)C(=O)OCC.CCOC(=O)c1[nH]n(C)c(=O)c1C.CCOC(=O)c1nn(C)c(-c2cccc(Cl)n2)c1C.CCOC(=O)c1nn(C)c(OS(=O)(=O)C(F)(F)F)c1C.Cc1ccc(OCc2ccc3c(c2)CCN(C)C3)c(-c2cccc(-c3c(C)c(C(=O)O)nn3C)n2)c1. The van der Waals surface area contributed by atoms with E-state index in [4.69, 9.17) is 57.4 Å². The summed E-state index contributed by atoms with van der Waals surface area (Å²) in [6.45, 7) is 32.1. The largest absolute Gasteiger partial charge is 0.534 e. The van der Waals surface area contributed by atoms with E-state index in [-0.39, 0.29) is 59.2 Å². The predicted molar refractivity (Wildman–Crippen MR) is 445 cm³/mol. The molecule has 1 unspecified atom stereocenters. The molecule has 1 saturated heterocycles. The molecule has 0 aliphatic carbocycles. The average molecular weight is 1750 g/mol. The topological polar surface area (TPSA) is 416 Å². The summed E-state index contributed by atoms with van der Waals surface area (Å²) in [6.07, 6.45) is 1.06. The van der Waals surface area contributed by atoms with E-state index < -0.39 is 76.1 Å². The van der Waals surface area contributed by atoms with Crippen LogP contribution in [0.2, 0.25) is 10.3 Å². The second-order valence-corrected chi connectivity index (χ2v) is 30.1. The summed E-state index contributed by atoms with van der Waals surface area (Å²) in [5, 5.41) is 24.9. The number of ketones is 1. The Morgan fingerprint density at radius 1 is 0.628 bits per heavy atom. The minimum absolute atomic E-state index is 0.0336. The Balaban J connectivity index is 0.000000268. The summed E-state index contributed by atoms with van der Waals surface area (Å²) >= 11 is 11.7. The Morgan fingerprint density at radius 2 is 1.12 bits per heavy atom. The van der Waals surface area contributed by atoms with E-state index in [1.54, 1.807) is 90.2 Å². The molecule has 9 heterocycles. The van der Waals surface area contributed by atoms with Crippen LogP contribution in [-0.2, 0) is 105 Å². The van der Waals surface area contributed by atoms with Crippen LogP contribution in [0.3, 0.4) is 0 Å². The Morgan fingerprint density at radius 3 is 1.64 bits per heavy atom. The number of aromatic nitrogens is 11. The monoisotopic (exact) mass is 1750 g/mol. The van der Waals surface area contributed by atoms with E-state index in [0.29, 0.717) is 74.3 Å². The standard InChI is InChI=1S/C29H30N4O3.C13H14ClN3O2.C11H15BClNO2.C9H11F3N2O5S.C9H14O5.C8H12N2O3.C2H7N/c1-18-8-11-26(36-17-20-9-10-22-16-32(3)13-12-21(22)15-20)23(14-18)24-6-5-7-25(30-24)28-19(2)27(29(34)35)31-33(28)4;1-4-19-13(18)11-8(2)12(17(3)16-11)9-6-5-7-10(14)15-9;1-10(2)11(3,4)16-12(15-10)8-6-5-7-9(13)14-8;1-4-18-8(15)6-5(2)7(14(3)13-6)19-20(16,17)9(10,11)12;1-4-13-8(11)6(3)7(10)9(12)14-5-2;1-4-13-8(12)6-5(2)7(11)10(3)9-6;1-2-3/h5-11,14-15H,12-13,16-17H2,1-4H3,(H,34,35);5-7H,4H2,1-3H3;5-7H,1-4H3;4H2,1-3H3;6H,4-5H2,1-3H3;9H,4H2,1-3H3;2-3H2,1H3. The molecular formula is C81H103BCl2F3N13O20S. The molecule has 0 bridgehead atoms. The molecule has 7 aromatic heterocycles. The van der Waals surface area contributed by atoms with E-state index in [9.17, 15) is 65.1 Å². The number of aromatic amines is 1. The van der Waals surface area contributed by atoms with Crippen LogP contribution < -0.4 is 25.8 Å². The predicted octanol–water partition coefficient (Wildman–Crippen LogP) is 11.3. The first-order valence-electron chi connectivity index (χ1n) is 38.0. The number of nitrogens with zero attached hydrogens (tertiary/aromatic N) is 11. The maximum atomic E-state index is 12.2. The lowest BCUT2D eigenvalue weighted by atomic mass is 9.84. The number of carboxylic acid groups (broad SMARTS) is 1. The number of nitrogens with two attached hydrogens (primary N) is 1. The zero-order valence-corrected chi connectivity index (χ0v) is 73.7. The fourth-order valence-corrected chi connectivity index (χ4v) is 12.3. The zero-order chi connectivity index (χ0) is 90.9. The molecular weight excluding hydrogens is 1650 g/mol. The normalized spacial score (nSPS) is 13.2. The molecule has 0 saturated carbocycles. The van der Waals surface area contributed by atoms with E-state index in [1.165, 1.54) is 36.6 Å². The number of carbonyl (C=O) groups excluding carboxylic acids is 6. The fraction of sp³-hybridized carbons (Fsp3) is 0.432. The number of benzene rings is 2. The number of esters is 5. The van der Waals surface area contributed by atoms with Crippen molar-refractivity contribution in [2.45, 2.75) is 147 Å². The molecule has 0 amide bonds. The summed E-state index contributed by atoms with van der Waals surface area (Å²) in [5.41, 5.74) is 10.4. The van der Waals surface area contributed by atoms with Gasteiger partial charge >= 0.3 is 58.6 Å². The van der Waals surface area contributed by atoms with E-state index in [0.717, 1.165) is 72.5 Å². The maximum absolute atomic E-state index is 12.2. The van der Waals surface area contributed by atoms with Gasteiger partial charge in [0, 0.05) is 69.1 Å². The second-order valence-electron chi connectivity index (χ2n) is 27.8. The maximum Gasteiger partial charge on any atom is 0.534 e. The number of alkyl halides is 3. The smallest absolute Gasteiger partial charge is 0.488 e. The Kier molecular flexibility index (Phi) is 37.3. The minimum Gasteiger partial charge on any atom is -0.488 e. The Hall–Kier alpha value is -11.2. The summed E-state index contributed by atoms with van der Waals surface area (Å²) in [6, 6.07) is 29.2. The number of fused-ring (bicyclic) bond motifs is 1. The molecule has 2 aliphatic rings. The van der Waals surface area contributed by atoms with Crippen LogP contribution in [0.1, 0.15) is 163 Å². The highest BCUT2D eigenvalue weighted by molar-refractivity contribution is 7.88. The lowest BCUT2D eigenvalue weighted by Crippen LogP contribution is -2.41. The van der Waals surface area contributed by atoms with Gasteiger partial charge in [-0.05, 0) is 189 Å². The number of H-pyrrole nitrogens is 1. The van der Waals surface area contributed by atoms with Gasteiger partial charge < -0.3 is 57.7 Å². The highest BCUT2D eigenvalue weighted by Crippen LogP contribution is 2.38. The van der Waals surface area contributed by atoms with Gasteiger partial charge in [0.15, 0.2) is 17.1 Å². The molecule has 0 radical (unpaired) electrons. The second kappa shape index (κ2) is 44.9. The Bertz CT molecular complexity index is 5300. The number of likely N-dealkylation sites (N-methyl/N-ethyl adjacent to an activating group) is 1. The number of aryl methyl sites for hydroxylation is 5. The van der Waals surface area contributed by atoms with E-state index in [2.05, 4.69) is 85.0 Å². The van der Waals surface area contributed by atoms with Crippen molar-refractivity contribution < 1.29 is 102 Å². The number of aromatic carboxylic acids is 1. The van der Waals surface area contributed by atoms with Crippen LogP contribution in [0.4, 0.5) is 13.2 Å². The van der Waals surface area contributed by atoms with Crippen LogP contribution in [0.15, 0.2) is 95.8 Å². The van der Waals surface area contributed by atoms with Gasteiger partial charge in [0.2, 0.25) is 5.88 Å². The molecule has 40 heteroatoms. The van der Waals surface area contributed by atoms with Crippen molar-refractivity contribution in [1.82, 2.24) is 59.0 Å². The van der Waals surface area contributed by atoms with Crippen LogP contribution in [-0.4, -0.2) is 191 Å². The first-order chi connectivity index (χ1) is 56.7. The third kappa shape index (κ3) is 26.9. The molecule has 11 rings (SSSR count). The van der Waals surface area contributed by atoms with Crippen molar-refractivity contribution >= 4 is 87.6 Å². The third-order valence-corrected chi connectivity index (χ3v) is 19.5. The van der Waals surface area contributed by atoms with E-state index >= 15 is 0 Å². The number of Topliss-reactive ketones (excluding diaryl/α,β-unsaturated/α-hetero) is 1. The molecule has 2 aromatic carbocycles. The highest BCUT2D eigenvalue weighted by Gasteiger charge is 2.53. The number of halogens is 5. The van der Waals surface area contributed by atoms with Crippen molar-refractivity contribution in [2.75, 3.05) is 53.2 Å². The third-order valence-electron chi connectivity index (χ3n) is 18.1. The quantitative estimate of drug-likeness (QED) is 0.00879. The van der Waals surface area contributed by atoms with Crippen LogP contribution in [0.25, 0.3) is 34.0 Å². The van der Waals surface area contributed by atoms with Crippen LogP contribution in [0, 0.1) is 40.5 Å². The minimum atomic E-state index is -5.83. The summed E-state index contributed by atoms with van der Waals surface area (Å²) < 4.78 is 109. The van der Waals surface area contributed by atoms with Gasteiger partial charge in [-0.2, -0.15) is 36.9 Å². The fourth-order valence-electron chi connectivity index (χ4n) is 11.4. The van der Waals surface area contributed by atoms with Crippen molar-refractivity contribution in [2.24, 2.45) is 39.8 Å². The first kappa shape index (κ1) is 100. The van der Waals surface area contributed by atoms with Crippen molar-refractivity contribution in [1.29, 1.82) is 0 Å². The molecule has 1 atom stereocenters. The van der Waals surface area contributed by atoms with Crippen LogP contribution in [0.5, 0.6) is 11.6 Å². The summed E-state index contributed by atoms with van der Waals surface area (Å²) in [7, 11) is 2.07. The van der Waals surface area contributed by atoms with Gasteiger partial charge in [-0.15, -0.1) is 0 Å². The van der Waals surface area contributed by atoms with Crippen LogP contribution >= 0.6 is 23.2 Å². The van der Waals surface area contributed by atoms with Crippen molar-refractivity contribution in [3.63, 3.8) is 0 Å². The van der Waals surface area contributed by atoms with Gasteiger partial charge in [0.1, 0.15) is 34.3 Å². The molecule has 33 nitrogen and oxygen atoms in total. The number of hydrogen-bond acceptors (Lipinski definition) is 27. The molecule has 2 aliphatic heterocycles. The number of nitrogens with one attached hydrogen (secondary N) is 1. The number of pyridine rings is 3.